The summed E-state index contributed by atoms with van der Waals surface area (Å²) in [4.78, 5) is 12.8. The van der Waals surface area contributed by atoms with E-state index in [1.807, 2.05) is 43.3 Å². The quantitative estimate of drug-likeness (QED) is 0.396. The van der Waals surface area contributed by atoms with Crippen LogP contribution in [0.5, 0.6) is 0 Å². The molecule has 0 heterocycles. The van der Waals surface area contributed by atoms with Crippen LogP contribution in [-0.4, -0.2) is 29.7 Å². The monoisotopic (exact) mass is 466 g/mol. The predicted molar refractivity (Wildman–Crippen MR) is 130 cm³/mol. The van der Waals surface area contributed by atoms with Gasteiger partial charge in [-0.2, -0.15) is 0 Å². The molecule has 1 amide bonds. The lowest BCUT2D eigenvalue weighted by Crippen LogP contribution is -2.49. The van der Waals surface area contributed by atoms with Crippen LogP contribution in [0.4, 0.5) is 8.78 Å². The smallest absolute Gasteiger partial charge is 0.224 e. The minimum atomic E-state index is -0.957. The number of aliphatic hydroxyl groups is 1. The van der Waals surface area contributed by atoms with Crippen LogP contribution in [0.15, 0.2) is 66.7 Å². The van der Waals surface area contributed by atoms with Crippen LogP contribution in [0.25, 0.3) is 0 Å². The van der Waals surface area contributed by atoms with Gasteiger partial charge in [-0.15, -0.1) is 0 Å². The van der Waals surface area contributed by atoms with E-state index in [0.717, 1.165) is 29.2 Å². The number of hydrogen-bond donors (Lipinski definition) is 3. The van der Waals surface area contributed by atoms with Crippen molar-refractivity contribution in [2.24, 2.45) is 0 Å². The molecule has 0 spiro atoms. The number of benzene rings is 3. The van der Waals surface area contributed by atoms with Crippen molar-refractivity contribution >= 4 is 5.91 Å². The number of amides is 1. The van der Waals surface area contributed by atoms with Gasteiger partial charge in [0.15, 0.2) is 0 Å². The summed E-state index contributed by atoms with van der Waals surface area (Å²) in [5.74, 6) is -1.64. The number of aryl methyl sites for hydroxylation is 2. The Morgan fingerprint density at radius 1 is 0.941 bits per heavy atom. The summed E-state index contributed by atoms with van der Waals surface area (Å²) in [5.41, 5.74) is 4.58. The number of halogens is 2. The second kappa shape index (κ2) is 12.4. The highest BCUT2D eigenvalue weighted by Gasteiger charge is 2.22. The first kappa shape index (κ1) is 25.5. The molecule has 2 unspecified atom stereocenters. The van der Waals surface area contributed by atoms with Crippen molar-refractivity contribution in [1.29, 1.82) is 0 Å². The third-order valence-corrected chi connectivity index (χ3v) is 5.88. The maximum Gasteiger partial charge on any atom is 0.224 e. The average molecular weight is 467 g/mol. The van der Waals surface area contributed by atoms with Crippen LogP contribution >= 0.6 is 0 Å². The van der Waals surface area contributed by atoms with Gasteiger partial charge in [-0.1, -0.05) is 55.5 Å². The fourth-order valence-electron chi connectivity index (χ4n) is 3.97. The second-order valence-electron chi connectivity index (χ2n) is 8.63. The van der Waals surface area contributed by atoms with Gasteiger partial charge in [0.2, 0.25) is 5.91 Å². The Bertz CT molecular complexity index is 1080. The maximum atomic E-state index is 13.7. The van der Waals surface area contributed by atoms with Crippen LogP contribution in [0.3, 0.4) is 0 Å². The average Bonchev–Trinajstić information content (AvgIpc) is 2.79. The molecule has 0 saturated heterocycles. The van der Waals surface area contributed by atoms with Crippen molar-refractivity contribution in [2.75, 3.05) is 6.54 Å². The largest absolute Gasteiger partial charge is 0.390 e. The number of aliphatic hydroxyl groups excluding tert-OH is 1. The molecule has 0 aliphatic rings. The number of hydrogen-bond acceptors (Lipinski definition) is 3. The zero-order chi connectivity index (χ0) is 24.5. The van der Waals surface area contributed by atoms with Crippen LogP contribution in [-0.2, 0) is 30.6 Å². The summed E-state index contributed by atoms with van der Waals surface area (Å²) in [6, 6.07) is 18.3. The molecule has 0 fully saturated rings. The molecule has 2 atom stereocenters. The zero-order valence-electron chi connectivity index (χ0n) is 19.7. The lowest BCUT2D eigenvalue weighted by Gasteiger charge is -2.25. The molecule has 0 aromatic heterocycles. The molecule has 0 aliphatic heterocycles. The second-order valence-corrected chi connectivity index (χ2v) is 8.63. The normalized spacial score (nSPS) is 12.9. The molecule has 0 saturated carbocycles. The molecular formula is C28H32F2N2O2. The van der Waals surface area contributed by atoms with Gasteiger partial charge >= 0.3 is 0 Å². The van der Waals surface area contributed by atoms with Crippen LogP contribution in [0.1, 0.15) is 34.7 Å². The molecule has 3 N–H and O–H groups in total. The van der Waals surface area contributed by atoms with E-state index in [4.69, 9.17) is 0 Å². The number of carbonyl (C=O) groups excluding carboxylic acids is 1. The van der Waals surface area contributed by atoms with Gasteiger partial charge in [-0.25, -0.2) is 8.78 Å². The van der Waals surface area contributed by atoms with Crippen LogP contribution in [0, 0.1) is 18.6 Å². The van der Waals surface area contributed by atoms with Gasteiger partial charge in [-0.05, 0) is 59.7 Å². The molecule has 3 aromatic rings. The first-order chi connectivity index (χ1) is 16.3. The van der Waals surface area contributed by atoms with Gasteiger partial charge in [-0.3, -0.25) is 4.79 Å². The highest BCUT2D eigenvalue weighted by molar-refractivity contribution is 5.79. The molecule has 0 bridgehead atoms. The van der Waals surface area contributed by atoms with E-state index in [2.05, 4.69) is 29.7 Å². The molecule has 3 aromatic carbocycles. The maximum absolute atomic E-state index is 13.7. The molecule has 34 heavy (non-hydrogen) atoms. The third-order valence-electron chi connectivity index (χ3n) is 5.88. The SMILES string of the molecule is CCc1cccc(CNCC(O)C(Cc2cc(F)cc(F)c2)NC(=O)Cc2ccccc2C)c1. The van der Waals surface area contributed by atoms with Crippen molar-refractivity contribution in [1.82, 2.24) is 10.6 Å². The highest BCUT2D eigenvalue weighted by Crippen LogP contribution is 2.13. The van der Waals surface area contributed by atoms with Gasteiger partial charge in [0.1, 0.15) is 11.6 Å². The van der Waals surface area contributed by atoms with E-state index in [1.165, 1.54) is 17.7 Å². The fourth-order valence-corrected chi connectivity index (χ4v) is 3.97. The third kappa shape index (κ3) is 7.75. The minimum absolute atomic E-state index is 0.0996. The first-order valence-electron chi connectivity index (χ1n) is 11.6. The van der Waals surface area contributed by atoms with E-state index >= 15 is 0 Å². The predicted octanol–water partition coefficient (Wildman–Crippen LogP) is 4.26. The molecule has 4 nitrogen and oxygen atoms in total. The van der Waals surface area contributed by atoms with Crippen molar-refractivity contribution in [3.8, 4) is 0 Å². The van der Waals surface area contributed by atoms with E-state index in [-0.39, 0.29) is 25.3 Å². The van der Waals surface area contributed by atoms with Gasteiger partial charge < -0.3 is 15.7 Å². The standard InChI is InChI=1S/C28H32F2N2O2/c1-3-20-8-6-9-21(11-20)17-31-18-27(33)26(14-22-12-24(29)16-25(30)13-22)32-28(34)15-23-10-5-4-7-19(23)2/h4-13,16,26-27,31,33H,3,14-15,17-18H2,1-2H3,(H,32,34). The van der Waals surface area contributed by atoms with Crippen molar-refractivity contribution in [3.05, 3.63) is 106 Å². The number of rotatable bonds is 11. The Morgan fingerprint density at radius 3 is 2.35 bits per heavy atom. The van der Waals surface area contributed by atoms with Gasteiger partial charge in [0.25, 0.3) is 0 Å². The van der Waals surface area contributed by atoms with Crippen molar-refractivity contribution in [3.63, 3.8) is 0 Å². The van der Waals surface area contributed by atoms with E-state index in [1.54, 1.807) is 0 Å². The summed E-state index contributed by atoms with van der Waals surface area (Å²) >= 11 is 0. The molecule has 180 valence electrons. The molecule has 0 radical (unpaired) electrons. The van der Waals surface area contributed by atoms with Crippen LogP contribution in [0.2, 0.25) is 0 Å². The molecule has 3 rings (SSSR count). The van der Waals surface area contributed by atoms with Crippen molar-refractivity contribution in [2.45, 2.75) is 51.8 Å². The molecule has 6 heteroatoms. The Labute approximate surface area is 200 Å². The fraction of sp³-hybridized carbons (Fsp3) is 0.321. The first-order valence-corrected chi connectivity index (χ1v) is 11.6. The van der Waals surface area contributed by atoms with Gasteiger partial charge in [0, 0.05) is 19.2 Å². The Morgan fingerprint density at radius 2 is 1.65 bits per heavy atom. The summed E-state index contributed by atoms with van der Waals surface area (Å²) < 4.78 is 27.4. The Kier molecular flexibility index (Phi) is 9.31. The number of nitrogens with one attached hydrogen (secondary N) is 2. The lowest BCUT2D eigenvalue weighted by atomic mass is 9.99. The molecular weight excluding hydrogens is 434 g/mol. The summed E-state index contributed by atoms with van der Waals surface area (Å²) in [7, 11) is 0. The highest BCUT2D eigenvalue weighted by atomic mass is 19.1. The minimum Gasteiger partial charge on any atom is -0.390 e. The zero-order valence-corrected chi connectivity index (χ0v) is 19.7. The summed E-state index contributed by atoms with van der Waals surface area (Å²) in [6.45, 7) is 4.80. The van der Waals surface area contributed by atoms with E-state index in [9.17, 15) is 18.7 Å². The van der Waals surface area contributed by atoms with Gasteiger partial charge in [0.05, 0.1) is 18.6 Å². The topological polar surface area (TPSA) is 61.4 Å². The summed E-state index contributed by atoms with van der Waals surface area (Å²) in [5, 5.41) is 17.0. The van der Waals surface area contributed by atoms with Crippen molar-refractivity contribution < 1.29 is 18.7 Å². The Balaban J connectivity index is 1.67. The van der Waals surface area contributed by atoms with Crippen LogP contribution < -0.4 is 10.6 Å². The summed E-state index contributed by atoms with van der Waals surface area (Å²) in [6.07, 6.45) is 0.240. The number of carbonyl (C=O) groups is 1. The molecule has 0 aliphatic carbocycles. The lowest BCUT2D eigenvalue weighted by molar-refractivity contribution is -0.122. The van der Waals surface area contributed by atoms with E-state index < -0.39 is 23.8 Å². The van der Waals surface area contributed by atoms with E-state index in [0.29, 0.717) is 12.1 Å². The Hall–Kier alpha value is -3.09.